The molecule has 0 amide bonds. The summed E-state index contributed by atoms with van der Waals surface area (Å²) in [6.45, 7) is 0.717. The lowest BCUT2D eigenvalue weighted by Crippen LogP contribution is -1.95. The third-order valence-corrected chi connectivity index (χ3v) is 8.58. The van der Waals surface area contributed by atoms with E-state index >= 15 is 0 Å². The minimum Gasteiger partial charge on any atom is -0.489 e. The monoisotopic (exact) mass is 509 g/mol. The van der Waals surface area contributed by atoms with E-state index in [1.807, 2.05) is 18.2 Å². The maximum absolute atomic E-state index is 13.3. The van der Waals surface area contributed by atoms with E-state index in [-0.39, 0.29) is 22.1 Å². The summed E-state index contributed by atoms with van der Waals surface area (Å²) < 4.78 is 41.1. The molecule has 182 valence electrons. The normalized spacial score (nSPS) is 11.2. The number of ether oxygens (including phenoxy) is 2. The van der Waals surface area contributed by atoms with Gasteiger partial charge in [0.1, 0.15) is 36.3 Å². The molecule has 0 bridgehead atoms. The fraction of sp³-hybridized carbons (Fsp3) is 0.0625. The van der Waals surface area contributed by atoms with Crippen molar-refractivity contribution in [1.82, 2.24) is 0 Å². The Morgan fingerprint density at radius 2 is 0.973 bits per heavy atom. The van der Waals surface area contributed by atoms with Crippen LogP contribution in [0.15, 0.2) is 115 Å². The molecule has 0 N–H and O–H groups in total. The predicted octanol–water partition coefficient (Wildman–Crippen LogP) is 9.17. The summed E-state index contributed by atoms with van der Waals surface area (Å²) in [5.74, 6) is 0.988. The smallest absolute Gasteiger partial charge is 0.188 e. The van der Waals surface area contributed by atoms with Gasteiger partial charge in [-0.1, -0.05) is 42.5 Å². The van der Waals surface area contributed by atoms with Gasteiger partial charge in [0.15, 0.2) is 14.3 Å². The van der Waals surface area contributed by atoms with Gasteiger partial charge in [0, 0.05) is 22.6 Å². The van der Waals surface area contributed by atoms with Crippen molar-refractivity contribution in [3.8, 4) is 16.4 Å². The molecule has 0 aliphatic carbocycles. The van der Waals surface area contributed by atoms with E-state index in [2.05, 4.69) is 48.5 Å². The highest BCUT2D eigenvalue weighted by Gasteiger charge is 2.24. The van der Waals surface area contributed by atoms with Gasteiger partial charge in [-0.05, 0) is 71.8 Å². The second-order valence-corrected chi connectivity index (χ2v) is 10.7. The first-order valence-corrected chi connectivity index (χ1v) is 13.2. The maximum Gasteiger partial charge on any atom is 0.188 e. The van der Waals surface area contributed by atoms with Crippen molar-refractivity contribution in [2.24, 2.45) is 0 Å². The quantitative estimate of drug-likeness (QED) is 0.200. The molecule has 6 aromatic rings. The Morgan fingerprint density at radius 1 is 0.514 bits per heavy atom. The highest BCUT2D eigenvalue weighted by Crippen LogP contribution is 2.49. The van der Waals surface area contributed by atoms with E-state index < -0.39 is 0 Å². The van der Waals surface area contributed by atoms with Crippen LogP contribution in [0.3, 0.4) is 0 Å². The largest absolute Gasteiger partial charge is 0.489 e. The fourth-order valence-corrected chi connectivity index (χ4v) is 6.76. The van der Waals surface area contributed by atoms with Gasteiger partial charge in [-0.15, -0.1) is 0 Å². The van der Waals surface area contributed by atoms with Crippen LogP contribution in [-0.4, -0.2) is 0 Å². The third-order valence-electron chi connectivity index (χ3n) is 6.25. The first-order valence-electron chi connectivity index (χ1n) is 12.0. The van der Waals surface area contributed by atoms with Gasteiger partial charge >= 0.3 is 0 Å². The first kappa shape index (κ1) is 23.2. The molecule has 0 aliphatic heterocycles. The second kappa shape index (κ2) is 10.0. The Hall–Kier alpha value is -4.22. The topological polar surface area (TPSA) is 18.5 Å². The number of halogens is 2. The van der Waals surface area contributed by atoms with Crippen LogP contribution in [0.4, 0.5) is 8.78 Å². The Labute approximate surface area is 216 Å². The highest BCUT2D eigenvalue weighted by molar-refractivity contribution is 7.50. The van der Waals surface area contributed by atoms with Crippen molar-refractivity contribution in [2.75, 3.05) is 0 Å². The lowest BCUT2D eigenvalue weighted by Gasteiger charge is -2.07. The molecule has 0 saturated carbocycles. The van der Waals surface area contributed by atoms with Crippen molar-refractivity contribution in [2.45, 2.75) is 13.2 Å². The first-order chi connectivity index (χ1) is 18.1. The van der Waals surface area contributed by atoms with E-state index in [0.717, 1.165) is 33.4 Å². The minimum absolute atomic E-state index is 0.237. The minimum atomic E-state index is -0.261. The van der Waals surface area contributed by atoms with Gasteiger partial charge in [-0.2, -0.15) is 0 Å². The zero-order valence-electron chi connectivity index (χ0n) is 19.9. The standard InChI is InChI=1S/C32H23F2O2S/c33-24-10-6-22(7-11-24)20-35-26-14-16-31-29(18-26)30-19-27(36-21-23-8-12-25(34)13-9-23)15-17-32(30)37(31)28-4-2-1-3-5-28/h1-19H,20-21H2/q+1. The number of thiophene rings is 1. The van der Waals surface area contributed by atoms with Crippen LogP contribution in [0.1, 0.15) is 11.1 Å². The van der Waals surface area contributed by atoms with Crippen molar-refractivity contribution >= 4 is 30.6 Å². The molecule has 6 rings (SSSR count). The average molecular weight is 510 g/mol. The van der Waals surface area contributed by atoms with E-state index in [0.29, 0.717) is 13.2 Å². The molecule has 5 aromatic carbocycles. The number of rotatable bonds is 7. The summed E-state index contributed by atoms with van der Waals surface area (Å²) in [6, 6.07) is 35.6. The van der Waals surface area contributed by atoms with E-state index in [9.17, 15) is 8.78 Å². The number of fused-ring (bicyclic) bond motifs is 3. The molecule has 0 atom stereocenters. The number of benzene rings is 5. The van der Waals surface area contributed by atoms with E-state index in [1.165, 1.54) is 38.6 Å². The molecule has 0 unspecified atom stereocenters. The summed E-state index contributed by atoms with van der Waals surface area (Å²) >= 11 is 0. The molecule has 0 spiro atoms. The van der Waals surface area contributed by atoms with Crippen LogP contribution in [0, 0.1) is 11.6 Å². The maximum atomic E-state index is 13.3. The summed E-state index contributed by atoms with van der Waals surface area (Å²) in [5, 5.41) is 2.23. The van der Waals surface area contributed by atoms with Crippen molar-refractivity contribution in [3.05, 3.63) is 138 Å². The summed E-state index contributed by atoms with van der Waals surface area (Å²) in [4.78, 5) is 1.25. The molecule has 0 aliphatic rings. The molecule has 1 aromatic heterocycles. The van der Waals surface area contributed by atoms with E-state index in [1.54, 1.807) is 24.3 Å². The Bertz CT molecular complexity index is 1570. The van der Waals surface area contributed by atoms with Crippen LogP contribution in [0.2, 0.25) is 0 Å². The van der Waals surface area contributed by atoms with Gasteiger partial charge < -0.3 is 9.47 Å². The summed E-state index contributed by atoms with van der Waals surface area (Å²) in [6.07, 6.45) is 0. The van der Waals surface area contributed by atoms with Crippen molar-refractivity contribution in [3.63, 3.8) is 0 Å². The molecule has 1 heterocycles. The molecular weight excluding hydrogens is 486 g/mol. The molecule has 37 heavy (non-hydrogen) atoms. The lowest BCUT2D eigenvalue weighted by atomic mass is 10.1. The van der Waals surface area contributed by atoms with Crippen LogP contribution < -0.4 is 9.47 Å². The molecule has 0 radical (unpaired) electrons. The number of hydrogen-bond donors (Lipinski definition) is 0. The summed E-state index contributed by atoms with van der Waals surface area (Å²) in [7, 11) is -0.237. The van der Waals surface area contributed by atoms with Crippen LogP contribution in [0.25, 0.3) is 25.1 Å². The molecular formula is C32H23F2O2S+. The van der Waals surface area contributed by atoms with E-state index in [4.69, 9.17) is 9.47 Å². The zero-order valence-corrected chi connectivity index (χ0v) is 20.7. The van der Waals surface area contributed by atoms with Crippen molar-refractivity contribution in [1.29, 1.82) is 0 Å². The highest BCUT2D eigenvalue weighted by atomic mass is 32.2. The Morgan fingerprint density at radius 3 is 1.43 bits per heavy atom. The van der Waals surface area contributed by atoms with Crippen LogP contribution in [0.5, 0.6) is 11.5 Å². The Balaban J connectivity index is 1.38. The van der Waals surface area contributed by atoms with Gasteiger partial charge in [0.05, 0.1) is 10.8 Å². The summed E-state index contributed by atoms with van der Waals surface area (Å²) in [5.41, 5.74) is 1.81. The number of hydrogen-bond acceptors (Lipinski definition) is 2. The Kier molecular flexibility index (Phi) is 6.29. The lowest BCUT2D eigenvalue weighted by molar-refractivity contribution is 0.306. The van der Waals surface area contributed by atoms with Gasteiger partial charge in [-0.3, -0.25) is 0 Å². The zero-order chi connectivity index (χ0) is 25.2. The van der Waals surface area contributed by atoms with Gasteiger partial charge in [0.2, 0.25) is 0 Å². The molecule has 2 nitrogen and oxygen atoms in total. The fourth-order valence-electron chi connectivity index (χ4n) is 4.40. The third kappa shape index (κ3) is 4.91. The van der Waals surface area contributed by atoms with Crippen LogP contribution in [-0.2, 0) is 13.2 Å². The van der Waals surface area contributed by atoms with Crippen molar-refractivity contribution < 1.29 is 18.3 Å². The van der Waals surface area contributed by atoms with Gasteiger partial charge in [0.25, 0.3) is 0 Å². The van der Waals surface area contributed by atoms with Gasteiger partial charge in [-0.25, -0.2) is 8.78 Å². The molecule has 0 saturated heterocycles. The average Bonchev–Trinajstić information content (AvgIpc) is 3.26. The predicted molar refractivity (Wildman–Crippen MR) is 147 cm³/mol. The second-order valence-electron chi connectivity index (χ2n) is 8.77. The SMILES string of the molecule is Fc1ccc(COc2ccc3c(c2)c2cc(OCc4ccc(F)cc4)ccc2[s+]3-c2ccccc2)cc1. The molecule has 5 heteroatoms. The molecule has 0 fully saturated rings. The van der Waals surface area contributed by atoms with Crippen LogP contribution >= 0.6 is 10.5 Å².